The summed E-state index contributed by atoms with van der Waals surface area (Å²) in [7, 11) is 0. The largest absolute Gasteiger partial charge is 0.552 e. The van der Waals surface area contributed by atoms with Gasteiger partial charge in [-0.3, -0.25) is 0 Å². The quantitative estimate of drug-likeness (QED) is 0.203. The second-order valence-corrected chi connectivity index (χ2v) is 17.7. The van der Waals surface area contributed by atoms with Gasteiger partial charge in [-0.15, -0.1) is 0 Å². The van der Waals surface area contributed by atoms with E-state index in [-0.39, 0.29) is 16.2 Å². The number of ether oxygens (including phenoxy) is 1. The number of rotatable bonds is 4. The predicted octanol–water partition coefficient (Wildman–Crippen LogP) is 11.1. The first kappa shape index (κ1) is 35.6. The van der Waals surface area contributed by atoms with E-state index >= 15 is 0 Å². The Morgan fingerprint density at radius 1 is 0.652 bits per heavy atom. The average Bonchev–Trinajstić information content (AvgIpc) is 3.57. The number of benzene rings is 4. The third-order valence-corrected chi connectivity index (χ3v) is 12.6. The summed E-state index contributed by atoms with van der Waals surface area (Å²) in [5.74, 6) is 0.619. The summed E-state index contributed by atoms with van der Waals surface area (Å²) in [6.07, 6.45) is 2.38. The second kappa shape index (κ2) is 14.7. The van der Waals surface area contributed by atoms with Gasteiger partial charge in [0, 0.05) is 6.61 Å². The molecule has 0 saturated carbocycles. The molecular formula is C41H50NO3W-. The number of phenols is 2. The van der Waals surface area contributed by atoms with E-state index in [1.165, 1.54) is 10.3 Å². The SMILES string of the molecule is CC(C)(C)[C](=[W]=[N]c1ccccc1)c1c(-c2cccc(C(C)(C)C)c2O)cccc1-c1cccc(C(C)(C)C)c1O.[CH-]1CCCO1. The van der Waals surface area contributed by atoms with Crippen molar-refractivity contribution >= 4 is 9.59 Å². The topological polar surface area (TPSA) is 62.1 Å². The van der Waals surface area contributed by atoms with Crippen molar-refractivity contribution in [3.63, 3.8) is 0 Å². The summed E-state index contributed by atoms with van der Waals surface area (Å²) < 4.78 is 11.3. The van der Waals surface area contributed by atoms with Crippen LogP contribution in [0.5, 0.6) is 11.5 Å². The van der Waals surface area contributed by atoms with Crippen LogP contribution in [0, 0.1) is 12.0 Å². The summed E-state index contributed by atoms with van der Waals surface area (Å²) in [6.45, 7) is 22.3. The van der Waals surface area contributed by atoms with Gasteiger partial charge in [0.05, 0.1) is 0 Å². The molecule has 5 rings (SSSR count). The molecule has 1 saturated heterocycles. The van der Waals surface area contributed by atoms with Gasteiger partial charge in [-0.05, 0) is 0 Å². The first-order valence-corrected chi connectivity index (χ1v) is 18.9. The summed E-state index contributed by atoms with van der Waals surface area (Å²) in [5.41, 5.74) is 6.84. The number of phenolic OH excluding ortho intramolecular Hbond substituents is 2. The third kappa shape index (κ3) is 8.58. The van der Waals surface area contributed by atoms with Crippen LogP contribution < -0.4 is 0 Å². The van der Waals surface area contributed by atoms with Gasteiger partial charge in [-0.1, -0.05) is 6.42 Å². The van der Waals surface area contributed by atoms with Gasteiger partial charge >= 0.3 is 255 Å². The van der Waals surface area contributed by atoms with Crippen molar-refractivity contribution in [3.8, 4) is 33.8 Å². The molecule has 1 fully saturated rings. The monoisotopic (exact) mass is 788 g/mol. The number of para-hydroxylation sites is 2. The molecule has 0 spiro atoms. The fraction of sp³-hybridized carbons (Fsp3) is 0.366. The molecule has 0 amide bonds. The molecule has 4 aromatic carbocycles. The molecule has 0 atom stereocenters. The third-order valence-electron chi connectivity index (χ3n) is 7.94. The molecule has 4 aromatic rings. The maximum Gasteiger partial charge on any atom is 0.00878 e. The van der Waals surface area contributed by atoms with E-state index in [1.807, 2.05) is 67.3 Å². The normalized spacial score (nSPS) is 13.5. The molecule has 2 N–H and O–H groups in total. The molecule has 1 aliphatic rings. The van der Waals surface area contributed by atoms with E-state index in [0.29, 0.717) is 11.5 Å². The van der Waals surface area contributed by atoms with Crippen LogP contribution >= 0.6 is 0 Å². The van der Waals surface area contributed by atoms with Crippen LogP contribution in [0.1, 0.15) is 91.8 Å². The van der Waals surface area contributed by atoms with E-state index in [1.54, 1.807) is 0 Å². The fourth-order valence-electron chi connectivity index (χ4n) is 5.54. The van der Waals surface area contributed by atoms with E-state index < -0.39 is 17.9 Å². The van der Waals surface area contributed by atoms with Gasteiger partial charge in [0.2, 0.25) is 0 Å². The minimum Gasteiger partial charge on any atom is -0.552 e. The number of aromatic hydroxyl groups is 2. The molecule has 46 heavy (non-hydrogen) atoms. The minimum absolute atomic E-state index is 0.178. The second-order valence-electron chi connectivity index (χ2n) is 14.9. The Kier molecular flexibility index (Phi) is 11.4. The predicted molar refractivity (Wildman–Crippen MR) is 190 cm³/mol. The Morgan fingerprint density at radius 2 is 1.13 bits per heavy atom. The molecule has 0 aliphatic carbocycles. The summed E-state index contributed by atoms with van der Waals surface area (Å²) in [6, 6.07) is 28.6. The van der Waals surface area contributed by atoms with Crippen LogP contribution in [0.3, 0.4) is 0 Å². The average molecular weight is 789 g/mol. The van der Waals surface area contributed by atoms with E-state index in [0.717, 1.165) is 57.7 Å². The fourth-order valence-corrected chi connectivity index (χ4v) is 8.79. The van der Waals surface area contributed by atoms with E-state index in [9.17, 15) is 10.2 Å². The Balaban J connectivity index is 0.000000874. The molecule has 0 unspecified atom stereocenters. The summed E-state index contributed by atoms with van der Waals surface area (Å²) in [5, 5.41) is 23.4. The Bertz CT molecular complexity index is 1620. The van der Waals surface area contributed by atoms with Crippen molar-refractivity contribution in [3.05, 3.63) is 108 Å². The Hall–Kier alpha value is -3.20. The summed E-state index contributed by atoms with van der Waals surface area (Å²) in [4.78, 5) is 0. The van der Waals surface area contributed by atoms with Crippen molar-refractivity contribution in [2.75, 3.05) is 6.61 Å². The molecule has 4 nitrogen and oxygen atoms in total. The molecule has 0 aromatic heterocycles. The molecular weight excluding hydrogens is 738 g/mol. The van der Waals surface area contributed by atoms with Crippen molar-refractivity contribution in [1.82, 2.24) is 0 Å². The van der Waals surface area contributed by atoms with Crippen LogP contribution in [0.25, 0.3) is 22.3 Å². The van der Waals surface area contributed by atoms with E-state index in [4.69, 9.17) is 8.23 Å². The molecule has 5 heteroatoms. The summed E-state index contributed by atoms with van der Waals surface area (Å²) >= 11 is -1.47. The van der Waals surface area contributed by atoms with Crippen LogP contribution in [-0.4, -0.2) is 20.7 Å². The maximum absolute atomic E-state index is 11.7. The van der Waals surface area contributed by atoms with Crippen LogP contribution in [0.2, 0.25) is 0 Å². The first-order chi connectivity index (χ1) is 21.6. The van der Waals surface area contributed by atoms with Crippen molar-refractivity contribution in [2.45, 2.75) is 86.0 Å². The van der Waals surface area contributed by atoms with Gasteiger partial charge < -0.3 is 4.74 Å². The molecule has 0 bridgehead atoms. The molecule has 244 valence electrons. The molecule has 0 radical (unpaired) electrons. The van der Waals surface area contributed by atoms with Gasteiger partial charge in [0.25, 0.3) is 0 Å². The molecule has 1 aliphatic heterocycles. The van der Waals surface area contributed by atoms with Crippen molar-refractivity contribution in [2.24, 2.45) is 8.91 Å². The molecule has 1 heterocycles. The first-order valence-electron chi connectivity index (χ1n) is 16.1. The number of hydrogen-bond donors (Lipinski definition) is 2. The van der Waals surface area contributed by atoms with Crippen LogP contribution in [0.15, 0.2) is 88.4 Å². The minimum atomic E-state index is -1.47. The number of nitrogens with zero attached hydrogens (tertiary/aromatic N) is 1. The van der Waals surface area contributed by atoms with Crippen LogP contribution in [-0.2, 0) is 33.5 Å². The standard InChI is InChI=1S/C31H38O2.C6H5N.C4H7O.W/c1-29(2,3)19-24-20(22-15-11-17-25(27(22)32)30(4,5)6)13-10-14-21(24)23-16-12-18-26(28(23)33)31(7,8)9;7-6-4-2-1-3-5-6;1-2-4-5-3-1;/h10-18,32-33H,1-9H3;1-5H;3H,1-2,4H2;/q;;-1;. The maximum atomic E-state index is 11.7. The van der Waals surface area contributed by atoms with Gasteiger partial charge in [0.1, 0.15) is 0 Å². The zero-order valence-electron chi connectivity index (χ0n) is 28.9. The van der Waals surface area contributed by atoms with Crippen molar-refractivity contribution < 1.29 is 32.9 Å². The van der Waals surface area contributed by atoms with E-state index in [2.05, 4.69) is 86.6 Å². The number of hydrogen-bond acceptors (Lipinski definition) is 4. The van der Waals surface area contributed by atoms with Gasteiger partial charge in [0.15, 0.2) is 0 Å². The zero-order chi connectivity index (χ0) is 33.7. The zero-order valence-corrected chi connectivity index (χ0v) is 31.9. The van der Waals surface area contributed by atoms with Crippen molar-refractivity contribution in [1.29, 1.82) is 0 Å². The Labute approximate surface area is 284 Å². The Morgan fingerprint density at radius 3 is 1.52 bits per heavy atom. The van der Waals surface area contributed by atoms with Gasteiger partial charge in [-0.2, -0.15) is 6.42 Å². The van der Waals surface area contributed by atoms with Crippen LogP contribution in [0.4, 0.5) is 5.69 Å². The smallest absolute Gasteiger partial charge is 0.00878 e. The van der Waals surface area contributed by atoms with Gasteiger partial charge in [-0.25, -0.2) is 6.61 Å².